The summed E-state index contributed by atoms with van der Waals surface area (Å²) < 4.78 is 0. The third-order valence-corrected chi connectivity index (χ3v) is 0.539. The molecule has 0 bridgehead atoms. The van der Waals surface area contributed by atoms with Crippen molar-refractivity contribution in [1.82, 2.24) is 10.3 Å². The molecule has 0 amide bonds. The van der Waals surface area contributed by atoms with Crippen LogP contribution in [0.25, 0.3) is 0 Å². The maximum Gasteiger partial charge on any atom is 0.0358 e. The average Bonchev–Trinajstić information content (AvgIpc) is 1.66. The predicted octanol–water partition coefficient (Wildman–Crippen LogP) is 0.224. The third kappa shape index (κ3) is 5.01. The Kier molecular flexibility index (Phi) is 3.66. The summed E-state index contributed by atoms with van der Waals surface area (Å²) in [4.78, 5) is 1.90. The Bertz CT molecular complexity index is 85.7. The van der Waals surface area contributed by atoms with E-state index in [0.717, 1.165) is 0 Å². The van der Waals surface area contributed by atoms with E-state index >= 15 is 0 Å². The second-order valence-electron chi connectivity index (χ2n) is 1.57. The van der Waals surface area contributed by atoms with Crippen LogP contribution >= 0.6 is 0 Å². The fourth-order valence-corrected chi connectivity index (χ4v) is 0.235. The molecule has 0 saturated carbocycles. The minimum Gasteiger partial charge on any atom is -0.382 e. The third-order valence-electron chi connectivity index (χ3n) is 0.539. The molecule has 0 aliphatic heterocycles. The zero-order valence-corrected chi connectivity index (χ0v) is 5.26. The lowest BCUT2D eigenvalue weighted by Gasteiger charge is -2.01. The largest absolute Gasteiger partial charge is 0.382 e. The molecule has 0 rings (SSSR count). The van der Waals surface area contributed by atoms with E-state index in [9.17, 15) is 0 Å². The Morgan fingerprint density at radius 1 is 1.62 bits per heavy atom. The lowest BCUT2D eigenvalue weighted by Crippen LogP contribution is -2.02. The zero-order chi connectivity index (χ0) is 6.41. The first-order chi connectivity index (χ1) is 3.77. The second kappa shape index (κ2) is 4.18. The van der Waals surface area contributed by atoms with Crippen LogP contribution in [0.2, 0.25) is 0 Å². The van der Waals surface area contributed by atoms with Crippen LogP contribution in [-0.4, -0.2) is 25.7 Å². The van der Waals surface area contributed by atoms with Gasteiger partial charge in [-0.1, -0.05) is 0 Å². The van der Waals surface area contributed by atoms with Gasteiger partial charge in [0.25, 0.3) is 0 Å². The number of nitrogens with zero attached hydrogens (tertiary/aromatic N) is 2. The minimum absolute atomic E-state index is 1.70. The van der Waals surface area contributed by atoms with E-state index in [0.29, 0.717) is 0 Å². The van der Waals surface area contributed by atoms with Crippen molar-refractivity contribution in [1.29, 1.82) is 0 Å². The maximum atomic E-state index is 3.39. The van der Waals surface area contributed by atoms with Crippen LogP contribution in [-0.2, 0) is 0 Å². The second-order valence-corrected chi connectivity index (χ2v) is 1.57. The van der Waals surface area contributed by atoms with Crippen LogP contribution in [0.1, 0.15) is 0 Å². The Hall–Kier alpha value is -0.990. The molecule has 0 saturated heterocycles. The van der Waals surface area contributed by atoms with E-state index in [1.165, 1.54) is 0 Å². The first-order valence-corrected chi connectivity index (χ1v) is 2.31. The van der Waals surface area contributed by atoms with Gasteiger partial charge in [0.2, 0.25) is 0 Å². The van der Waals surface area contributed by atoms with Gasteiger partial charge in [0.15, 0.2) is 0 Å². The topological polar surface area (TPSA) is 27.6 Å². The summed E-state index contributed by atoms with van der Waals surface area (Å²) in [6.07, 6.45) is 3.54. The standard InChI is InChI=1S/C5H11N3/c1-6-7-4-5-8(2)3/h4-5,7H,1H2,2-3H3/b5-4-. The summed E-state index contributed by atoms with van der Waals surface area (Å²) in [5.41, 5.74) is 2.57. The number of hydrogen-bond acceptors (Lipinski definition) is 3. The highest BCUT2D eigenvalue weighted by atomic mass is 15.3. The molecule has 0 aliphatic rings. The van der Waals surface area contributed by atoms with Crippen molar-refractivity contribution in [3.63, 3.8) is 0 Å². The monoisotopic (exact) mass is 113 g/mol. The van der Waals surface area contributed by atoms with Crippen molar-refractivity contribution in [3.8, 4) is 0 Å². The van der Waals surface area contributed by atoms with Crippen LogP contribution in [0, 0.1) is 0 Å². The molecule has 0 fully saturated rings. The van der Waals surface area contributed by atoms with Gasteiger partial charge in [0.1, 0.15) is 0 Å². The highest BCUT2D eigenvalue weighted by Gasteiger charge is 1.70. The summed E-state index contributed by atoms with van der Waals surface area (Å²) in [5.74, 6) is 0. The Morgan fingerprint density at radius 2 is 2.25 bits per heavy atom. The highest BCUT2D eigenvalue weighted by molar-refractivity contribution is 5.22. The Morgan fingerprint density at radius 3 is 2.62 bits per heavy atom. The van der Waals surface area contributed by atoms with Crippen LogP contribution in [0.4, 0.5) is 0 Å². The van der Waals surface area contributed by atoms with Gasteiger partial charge in [-0.25, -0.2) is 0 Å². The molecular weight excluding hydrogens is 102 g/mol. The molecule has 3 nitrogen and oxygen atoms in total. The molecule has 0 aromatic heterocycles. The van der Waals surface area contributed by atoms with Crippen molar-refractivity contribution < 1.29 is 0 Å². The molecule has 0 aromatic carbocycles. The molecule has 46 valence electrons. The molecule has 1 N–H and O–H groups in total. The predicted molar refractivity (Wildman–Crippen MR) is 35.5 cm³/mol. The fraction of sp³-hybridized carbons (Fsp3) is 0.400. The molecular formula is C5H11N3. The SMILES string of the molecule is C=NN/C=C\N(C)C. The molecule has 0 spiro atoms. The molecule has 0 atom stereocenters. The summed E-state index contributed by atoms with van der Waals surface area (Å²) in [5, 5.41) is 3.39. The van der Waals surface area contributed by atoms with Crippen molar-refractivity contribution >= 4 is 6.72 Å². The van der Waals surface area contributed by atoms with Gasteiger partial charge in [0, 0.05) is 33.2 Å². The number of rotatable bonds is 3. The van der Waals surface area contributed by atoms with E-state index in [2.05, 4.69) is 17.2 Å². The lowest BCUT2D eigenvalue weighted by atomic mass is 10.8. The van der Waals surface area contributed by atoms with Gasteiger partial charge in [-0.3, -0.25) is 5.43 Å². The quantitative estimate of drug-likeness (QED) is 0.419. The van der Waals surface area contributed by atoms with Crippen LogP contribution in [0.5, 0.6) is 0 Å². The van der Waals surface area contributed by atoms with E-state index in [4.69, 9.17) is 0 Å². The highest BCUT2D eigenvalue weighted by Crippen LogP contribution is 1.71. The van der Waals surface area contributed by atoms with Crippen LogP contribution < -0.4 is 5.43 Å². The van der Waals surface area contributed by atoms with Crippen molar-refractivity contribution in [3.05, 3.63) is 12.4 Å². The van der Waals surface area contributed by atoms with Gasteiger partial charge < -0.3 is 4.90 Å². The molecule has 0 aromatic rings. The van der Waals surface area contributed by atoms with Crippen molar-refractivity contribution in [2.45, 2.75) is 0 Å². The minimum atomic E-state index is 1.70. The van der Waals surface area contributed by atoms with E-state index in [1.54, 1.807) is 6.20 Å². The van der Waals surface area contributed by atoms with Crippen molar-refractivity contribution in [2.24, 2.45) is 5.10 Å². The molecule has 0 aliphatic carbocycles. The Balaban J connectivity index is 3.19. The van der Waals surface area contributed by atoms with Gasteiger partial charge in [0.05, 0.1) is 0 Å². The maximum absolute atomic E-state index is 3.39. The summed E-state index contributed by atoms with van der Waals surface area (Å²) in [7, 11) is 3.86. The normalized spacial score (nSPS) is 9.25. The first-order valence-electron chi connectivity index (χ1n) is 2.31. The molecule has 8 heavy (non-hydrogen) atoms. The fourth-order valence-electron chi connectivity index (χ4n) is 0.235. The first kappa shape index (κ1) is 7.01. The summed E-state index contributed by atoms with van der Waals surface area (Å²) in [6, 6.07) is 0. The number of nitrogens with one attached hydrogen (secondary N) is 1. The zero-order valence-electron chi connectivity index (χ0n) is 5.26. The van der Waals surface area contributed by atoms with E-state index in [1.807, 2.05) is 25.2 Å². The van der Waals surface area contributed by atoms with Gasteiger partial charge in [-0.15, -0.1) is 0 Å². The molecule has 0 unspecified atom stereocenters. The number of hydrogen-bond donors (Lipinski definition) is 1. The van der Waals surface area contributed by atoms with Gasteiger partial charge >= 0.3 is 0 Å². The lowest BCUT2D eigenvalue weighted by molar-refractivity contribution is 0.559. The van der Waals surface area contributed by atoms with Gasteiger partial charge in [-0.2, -0.15) is 5.10 Å². The van der Waals surface area contributed by atoms with E-state index in [-0.39, 0.29) is 0 Å². The molecule has 3 heteroatoms. The van der Waals surface area contributed by atoms with Crippen molar-refractivity contribution in [2.75, 3.05) is 14.1 Å². The summed E-state index contributed by atoms with van der Waals surface area (Å²) >= 11 is 0. The van der Waals surface area contributed by atoms with E-state index < -0.39 is 0 Å². The number of hydrazone groups is 1. The van der Waals surface area contributed by atoms with Crippen LogP contribution in [0.15, 0.2) is 17.5 Å². The summed E-state index contributed by atoms with van der Waals surface area (Å²) in [6.45, 7) is 3.23. The average molecular weight is 113 g/mol. The van der Waals surface area contributed by atoms with Gasteiger partial charge in [-0.05, 0) is 0 Å². The van der Waals surface area contributed by atoms with Crippen LogP contribution in [0.3, 0.4) is 0 Å². The molecule has 0 heterocycles. The molecule has 0 radical (unpaired) electrons. The smallest absolute Gasteiger partial charge is 0.0358 e. The Labute approximate surface area is 49.7 Å².